The first-order valence-corrected chi connectivity index (χ1v) is 9.70. The van der Waals surface area contributed by atoms with E-state index < -0.39 is 0 Å². The third kappa shape index (κ3) is 5.82. The lowest BCUT2D eigenvalue weighted by molar-refractivity contribution is -0.118. The van der Waals surface area contributed by atoms with Crippen LogP contribution in [0.5, 0.6) is 5.75 Å². The summed E-state index contributed by atoms with van der Waals surface area (Å²) >= 11 is 3.51. The smallest absolute Gasteiger partial charge is 0.262 e. The Morgan fingerprint density at radius 3 is 2.41 bits per heavy atom. The van der Waals surface area contributed by atoms with E-state index in [-0.39, 0.29) is 24.5 Å². The highest BCUT2D eigenvalue weighted by Gasteiger charge is 2.15. The van der Waals surface area contributed by atoms with Crippen LogP contribution in [0.1, 0.15) is 41.8 Å². The van der Waals surface area contributed by atoms with Gasteiger partial charge in [-0.25, -0.2) is 0 Å². The second-order valence-corrected chi connectivity index (χ2v) is 7.33. The summed E-state index contributed by atoms with van der Waals surface area (Å²) in [5.41, 5.74) is 2.98. The molecule has 0 saturated carbocycles. The van der Waals surface area contributed by atoms with Gasteiger partial charge in [-0.2, -0.15) is 0 Å². The van der Waals surface area contributed by atoms with Crippen molar-refractivity contribution in [3.8, 4) is 5.75 Å². The molecule has 0 heterocycles. The summed E-state index contributed by atoms with van der Waals surface area (Å²) in [6.45, 7) is 7.74. The van der Waals surface area contributed by atoms with E-state index in [1.54, 1.807) is 24.3 Å². The Morgan fingerprint density at radius 1 is 1.15 bits per heavy atom. The monoisotopic (exact) mass is 432 g/mol. The number of rotatable bonds is 7. The third-order valence-corrected chi connectivity index (χ3v) is 5.47. The quantitative estimate of drug-likeness (QED) is 0.670. The van der Waals surface area contributed by atoms with Crippen LogP contribution >= 0.6 is 15.9 Å². The van der Waals surface area contributed by atoms with Gasteiger partial charge < -0.3 is 15.4 Å². The minimum absolute atomic E-state index is 0.0634. The molecule has 0 spiro atoms. The molecule has 2 N–H and O–H groups in total. The Bertz CT molecular complexity index is 813. The van der Waals surface area contributed by atoms with Crippen molar-refractivity contribution in [3.63, 3.8) is 0 Å². The van der Waals surface area contributed by atoms with Gasteiger partial charge in [0.2, 0.25) is 0 Å². The number of carbonyl (C=O) groups is 2. The molecule has 144 valence electrons. The van der Waals surface area contributed by atoms with Crippen molar-refractivity contribution in [2.75, 3.05) is 11.9 Å². The zero-order valence-electron chi connectivity index (χ0n) is 16.1. The number of para-hydroxylation sites is 1. The predicted octanol–water partition coefficient (Wildman–Crippen LogP) is 4.61. The van der Waals surface area contributed by atoms with Gasteiger partial charge in [-0.15, -0.1) is 0 Å². The van der Waals surface area contributed by atoms with Crippen molar-refractivity contribution >= 4 is 33.4 Å². The lowest BCUT2D eigenvalue weighted by atomic mass is 10.1. The third-order valence-electron chi connectivity index (χ3n) is 4.22. The maximum absolute atomic E-state index is 12.4. The van der Waals surface area contributed by atoms with Crippen LogP contribution in [0.3, 0.4) is 0 Å². The number of amides is 2. The fraction of sp³-hybridized carbons (Fsp3) is 0.333. The SMILES string of the molecule is CC[C@H](C)NC(=O)c1ccccc1NC(=O)COc1cc(C)c(Br)c(C)c1. The van der Waals surface area contributed by atoms with Gasteiger partial charge in [-0.05, 0) is 62.6 Å². The molecular weight excluding hydrogens is 408 g/mol. The fourth-order valence-corrected chi connectivity index (χ4v) is 2.75. The van der Waals surface area contributed by atoms with E-state index in [0.717, 1.165) is 22.0 Å². The molecule has 2 amide bonds. The average molecular weight is 433 g/mol. The molecule has 6 heteroatoms. The van der Waals surface area contributed by atoms with E-state index in [0.29, 0.717) is 17.0 Å². The lowest BCUT2D eigenvalue weighted by Gasteiger charge is -2.15. The van der Waals surface area contributed by atoms with Crippen molar-refractivity contribution in [2.24, 2.45) is 0 Å². The number of aryl methyl sites for hydroxylation is 2. The molecule has 1 atom stereocenters. The summed E-state index contributed by atoms with van der Waals surface area (Å²) < 4.78 is 6.63. The molecule has 0 bridgehead atoms. The Hall–Kier alpha value is -2.34. The van der Waals surface area contributed by atoms with Crippen molar-refractivity contribution in [1.29, 1.82) is 0 Å². The molecule has 2 aromatic rings. The molecule has 0 aliphatic rings. The maximum Gasteiger partial charge on any atom is 0.262 e. The van der Waals surface area contributed by atoms with Gasteiger partial charge in [0.15, 0.2) is 6.61 Å². The number of hydrogen-bond acceptors (Lipinski definition) is 3. The minimum Gasteiger partial charge on any atom is -0.484 e. The first kappa shape index (κ1) is 21.0. The number of hydrogen-bond donors (Lipinski definition) is 2. The molecule has 0 unspecified atom stereocenters. The van der Waals surface area contributed by atoms with Crippen LogP contribution < -0.4 is 15.4 Å². The van der Waals surface area contributed by atoms with E-state index in [2.05, 4.69) is 26.6 Å². The van der Waals surface area contributed by atoms with Gasteiger partial charge in [0, 0.05) is 10.5 Å². The predicted molar refractivity (Wildman–Crippen MR) is 111 cm³/mol. The van der Waals surface area contributed by atoms with Crippen LogP contribution in [0.25, 0.3) is 0 Å². The summed E-state index contributed by atoms with van der Waals surface area (Å²) in [6, 6.07) is 10.7. The highest BCUT2D eigenvalue weighted by Crippen LogP contribution is 2.26. The maximum atomic E-state index is 12.4. The van der Waals surface area contributed by atoms with Crippen molar-refractivity contribution < 1.29 is 14.3 Å². The minimum atomic E-state index is -0.322. The lowest BCUT2D eigenvalue weighted by Crippen LogP contribution is -2.33. The summed E-state index contributed by atoms with van der Waals surface area (Å²) in [5.74, 6) is 0.100. The number of carbonyl (C=O) groups excluding carboxylic acids is 2. The largest absolute Gasteiger partial charge is 0.484 e. The van der Waals surface area contributed by atoms with Crippen molar-refractivity contribution in [3.05, 3.63) is 57.6 Å². The van der Waals surface area contributed by atoms with Gasteiger partial charge in [-0.1, -0.05) is 35.0 Å². The van der Waals surface area contributed by atoms with Crippen LogP contribution in [-0.4, -0.2) is 24.5 Å². The van der Waals surface area contributed by atoms with Crippen LogP contribution in [0.15, 0.2) is 40.9 Å². The topological polar surface area (TPSA) is 67.4 Å². The molecule has 0 aliphatic heterocycles. The summed E-state index contributed by atoms with van der Waals surface area (Å²) in [4.78, 5) is 24.7. The Balaban J connectivity index is 2.03. The molecule has 0 aromatic heterocycles. The molecule has 0 saturated heterocycles. The zero-order valence-corrected chi connectivity index (χ0v) is 17.6. The molecule has 0 fully saturated rings. The number of ether oxygens (including phenoxy) is 1. The highest BCUT2D eigenvalue weighted by atomic mass is 79.9. The first-order chi connectivity index (χ1) is 12.8. The molecule has 0 aliphatic carbocycles. The van der Waals surface area contributed by atoms with Crippen LogP contribution in [0.4, 0.5) is 5.69 Å². The molecule has 0 radical (unpaired) electrons. The van der Waals surface area contributed by atoms with Gasteiger partial charge in [-0.3, -0.25) is 9.59 Å². The first-order valence-electron chi connectivity index (χ1n) is 8.91. The standard InChI is InChI=1S/C21H25BrN2O3/c1-5-15(4)23-21(26)17-8-6-7-9-18(17)24-19(25)12-27-16-10-13(2)20(22)14(3)11-16/h6-11,15H,5,12H2,1-4H3,(H,23,26)(H,24,25)/t15-/m0/s1. The molecule has 2 rings (SSSR count). The Labute approximate surface area is 168 Å². The van der Waals surface area contributed by atoms with E-state index in [9.17, 15) is 9.59 Å². The normalized spacial score (nSPS) is 11.6. The van der Waals surface area contributed by atoms with Crippen LogP contribution in [0.2, 0.25) is 0 Å². The number of nitrogens with one attached hydrogen (secondary N) is 2. The number of halogens is 1. The summed E-state index contributed by atoms with van der Waals surface area (Å²) in [6.07, 6.45) is 0.833. The Morgan fingerprint density at radius 2 is 1.78 bits per heavy atom. The number of anilines is 1. The molecular formula is C21H25BrN2O3. The van der Waals surface area contributed by atoms with Gasteiger partial charge in [0.05, 0.1) is 11.3 Å². The van der Waals surface area contributed by atoms with E-state index in [1.165, 1.54) is 0 Å². The number of benzene rings is 2. The van der Waals surface area contributed by atoms with Gasteiger partial charge in [0.25, 0.3) is 11.8 Å². The van der Waals surface area contributed by atoms with E-state index in [4.69, 9.17) is 4.74 Å². The average Bonchev–Trinajstić information content (AvgIpc) is 2.64. The van der Waals surface area contributed by atoms with Crippen molar-refractivity contribution in [2.45, 2.75) is 40.2 Å². The van der Waals surface area contributed by atoms with E-state index in [1.807, 2.05) is 39.8 Å². The van der Waals surface area contributed by atoms with Gasteiger partial charge in [0.1, 0.15) is 5.75 Å². The zero-order chi connectivity index (χ0) is 20.0. The second-order valence-electron chi connectivity index (χ2n) is 6.54. The second kappa shape index (κ2) is 9.55. The summed E-state index contributed by atoms with van der Waals surface area (Å²) in [7, 11) is 0. The molecule has 27 heavy (non-hydrogen) atoms. The molecule has 5 nitrogen and oxygen atoms in total. The van der Waals surface area contributed by atoms with E-state index >= 15 is 0 Å². The fourth-order valence-electron chi connectivity index (χ4n) is 2.52. The molecule has 2 aromatic carbocycles. The van der Waals surface area contributed by atoms with Crippen LogP contribution in [-0.2, 0) is 4.79 Å². The van der Waals surface area contributed by atoms with Crippen LogP contribution in [0, 0.1) is 13.8 Å². The highest BCUT2D eigenvalue weighted by molar-refractivity contribution is 9.10. The summed E-state index contributed by atoms with van der Waals surface area (Å²) in [5, 5.41) is 5.67. The van der Waals surface area contributed by atoms with Gasteiger partial charge >= 0.3 is 0 Å². The van der Waals surface area contributed by atoms with Crippen molar-refractivity contribution in [1.82, 2.24) is 5.32 Å². The Kier molecular flexibility index (Phi) is 7.42.